The van der Waals surface area contributed by atoms with Crippen molar-refractivity contribution >= 4 is 5.91 Å². The summed E-state index contributed by atoms with van der Waals surface area (Å²) in [6.45, 7) is 8.85. The molecule has 0 aromatic rings. The predicted molar refractivity (Wildman–Crippen MR) is 77.3 cm³/mol. The number of carbonyl (C=O) groups is 1. The van der Waals surface area contributed by atoms with Gasteiger partial charge in [-0.15, -0.1) is 0 Å². The Kier molecular flexibility index (Phi) is 12.0. The third-order valence-corrected chi connectivity index (χ3v) is 2.99. The van der Waals surface area contributed by atoms with E-state index in [1.54, 1.807) is 7.11 Å². The second-order valence-electron chi connectivity index (χ2n) is 4.81. The fourth-order valence-corrected chi connectivity index (χ4v) is 1.45. The first kappa shape index (κ1) is 18.4. The Morgan fingerprint density at radius 3 is 2.53 bits per heavy atom. The minimum Gasteiger partial charge on any atom is -0.382 e. The lowest BCUT2D eigenvalue weighted by atomic mass is 10.2. The van der Waals surface area contributed by atoms with Crippen molar-refractivity contribution in [2.24, 2.45) is 0 Å². The molecule has 2 N–H and O–H groups in total. The molecule has 0 aromatic heterocycles. The Morgan fingerprint density at radius 1 is 1.16 bits per heavy atom. The van der Waals surface area contributed by atoms with E-state index in [2.05, 4.69) is 17.6 Å². The van der Waals surface area contributed by atoms with E-state index in [9.17, 15) is 4.79 Å². The Hall–Kier alpha value is -0.650. The monoisotopic (exact) mass is 274 g/mol. The first-order chi connectivity index (χ1) is 9.11. The molecule has 5 heteroatoms. The van der Waals surface area contributed by atoms with Crippen LogP contribution in [0.2, 0.25) is 0 Å². The van der Waals surface area contributed by atoms with Gasteiger partial charge in [-0.05, 0) is 39.7 Å². The Labute approximate surface area is 117 Å². The van der Waals surface area contributed by atoms with Crippen LogP contribution in [0.15, 0.2) is 0 Å². The lowest BCUT2D eigenvalue weighted by Gasteiger charge is -2.17. The quantitative estimate of drug-likeness (QED) is 0.527. The van der Waals surface area contributed by atoms with E-state index in [0.29, 0.717) is 13.2 Å². The fourth-order valence-electron chi connectivity index (χ4n) is 1.45. The van der Waals surface area contributed by atoms with Crippen LogP contribution in [0, 0.1) is 0 Å². The summed E-state index contributed by atoms with van der Waals surface area (Å²) in [5, 5.41) is 6.19. The van der Waals surface area contributed by atoms with E-state index < -0.39 is 0 Å². The maximum absolute atomic E-state index is 11.7. The summed E-state index contributed by atoms with van der Waals surface area (Å²) in [5.41, 5.74) is 0. The highest BCUT2D eigenvalue weighted by molar-refractivity contribution is 5.81. The molecule has 0 aliphatic heterocycles. The maximum Gasteiger partial charge on any atom is 0.237 e. The zero-order valence-electron chi connectivity index (χ0n) is 12.8. The minimum atomic E-state index is -0.136. The summed E-state index contributed by atoms with van der Waals surface area (Å²) in [6.07, 6.45) is 2.96. The second kappa shape index (κ2) is 12.4. The maximum atomic E-state index is 11.7. The summed E-state index contributed by atoms with van der Waals surface area (Å²) in [7, 11) is 1.67. The predicted octanol–water partition coefficient (Wildman–Crippen LogP) is 1.32. The molecule has 0 saturated heterocycles. The molecule has 0 aliphatic carbocycles. The van der Waals surface area contributed by atoms with Gasteiger partial charge < -0.3 is 20.1 Å². The van der Waals surface area contributed by atoms with Crippen molar-refractivity contribution < 1.29 is 14.3 Å². The zero-order chi connectivity index (χ0) is 14.5. The molecule has 0 aromatic carbocycles. The number of hydrogen-bond acceptors (Lipinski definition) is 4. The van der Waals surface area contributed by atoms with Crippen LogP contribution in [0.3, 0.4) is 0 Å². The summed E-state index contributed by atoms with van der Waals surface area (Å²) in [5.74, 6) is 0.0747. The van der Waals surface area contributed by atoms with Gasteiger partial charge in [-0.3, -0.25) is 4.79 Å². The van der Waals surface area contributed by atoms with E-state index in [1.807, 2.05) is 13.8 Å². The van der Waals surface area contributed by atoms with Gasteiger partial charge in [0.2, 0.25) is 5.91 Å². The number of methoxy groups -OCH3 is 1. The molecule has 2 unspecified atom stereocenters. The summed E-state index contributed by atoms with van der Waals surface area (Å²) < 4.78 is 10.3. The number of carbonyl (C=O) groups excluding carboxylic acids is 1. The zero-order valence-corrected chi connectivity index (χ0v) is 12.8. The van der Waals surface area contributed by atoms with Gasteiger partial charge >= 0.3 is 0 Å². The van der Waals surface area contributed by atoms with Gasteiger partial charge in [0.15, 0.2) is 0 Å². The van der Waals surface area contributed by atoms with Gasteiger partial charge in [0, 0.05) is 19.8 Å². The van der Waals surface area contributed by atoms with Crippen molar-refractivity contribution in [1.82, 2.24) is 10.6 Å². The van der Waals surface area contributed by atoms with Crippen LogP contribution in [0.1, 0.15) is 40.0 Å². The first-order valence-corrected chi connectivity index (χ1v) is 7.22. The summed E-state index contributed by atoms with van der Waals surface area (Å²) >= 11 is 0. The highest BCUT2D eigenvalue weighted by Gasteiger charge is 2.13. The van der Waals surface area contributed by atoms with Crippen molar-refractivity contribution in [3.63, 3.8) is 0 Å². The normalized spacial score (nSPS) is 14.1. The van der Waals surface area contributed by atoms with Crippen LogP contribution in [-0.2, 0) is 14.3 Å². The lowest BCUT2D eigenvalue weighted by Crippen LogP contribution is -2.45. The highest BCUT2D eigenvalue weighted by Crippen LogP contribution is 1.93. The fraction of sp³-hybridized carbons (Fsp3) is 0.929. The molecule has 0 saturated carbocycles. The Bertz CT molecular complexity index is 225. The molecule has 0 rings (SSSR count). The third-order valence-electron chi connectivity index (χ3n) is 2.99. The average molecular weight is 274 g/mol. The number of unbranched alkanes of at least 4 members (excludes halogenated alkanes) is 1. The molecule has 0 heterocycles. The van der Waals surface area contributed by atoms with Crippen molar-refractivity contribution in [3.8, 4) is 0 Å². The number of amides is 1. The van der Waals surface area contributed by atoms with E-state index in [0.717, 1.165) is 32.4 Å². The second-order valence-corrected chi connectivity index (χ2v) is 4.81. The van der Waals surface area contributed by atoms with Crippen LogP contribution in [-0.4, -0.2) is 51.5 Å². The van der Waals surface area contributed by atoms with Crippen molar-refractivity contribution in [2.45, 2.75) is 52.1 Å². The molecule has 2 atom stereocenters. The number of hydrogen-bond donors (Lipinski definition) is 2. The molecule has 0 radical (unpaired) electrons. The minimum absolute atomic E-state index is 0.0747. The van der Waals surface area contributed by atoms with E-state index in [-0.39, 0.29) is 18.0 Å². The summed E-state index contributed by atoms with van der Waals surface area (Å²) in [4.78, 5) is 11.7. The highest BCUT2D eigenvalue weighted by atomic mass is 16.5. The molecule has 0 aliphatic rings. The molecule has 19 heavy (non-hydrogen) atoms. The molecular weight excluding hydrogens is 244 g/mol. The van der Waals surface area contributed by atoms with Gasteiger partial charge in [0.1, 0.15) is 0 Å². The van der Waals surface area contributed by atoms with Gasteiger partial charge in [-0.25, -0.2) is 0 Å². The molecule has 0 bridgehead atoms. The average Bonchev–Trinajstić information content (AvgIpc) is 2.41. The molecule has 5 nitrogen and oxygen atoms in total. The molecule has 114 valence electrons. The van der Waals surface area contributed by atoms with Crippen LogP contribution in [0.5, 0.6) is 0 Å². The SMILES string of the molecule is CCC(C)NC(=O)C(C)NCCCCOCCOC. The number of nitrogens with one attached hydrogen (secondary N) is 2. The standard InChI is InChI=1S/C14H30N2O3/c1-5-12(2)16-14(17)13(3)15-8-6-7-9-19-11-10-18-4/h12-13,15H,5-11H2,1-4H3,(H,16,17). The van der Waals surface area contributed by atoms with Gasteiger partial charge in [0.05, 0.1) is 19.3 Å². The van der Waals surface area contributed by atoms with Crippen molar-refractivity contribution in [1.29, 1.82) is 0 Å². The van der Waals surface area contributed by atoms with Crippen molar-refractivity contribution in [3.05, 3.63) is 0 Å². The molecule has 0 fully saturated rings. The molecule has 0 spiro atoms. The van der Waals surface area contributed by atoms with Gasteiger partial charge in [0.25, 0.3) is 0 Å². The van der Waals surface area contributed by atoms with Crippen LogP contribution < -0.4 is 10.6 Å². The topological polar surface area (TPSA) is 59.6 Å². The third kappa shape index (κ3) is 10.9. The van der Waals surface area contributed by atoms with Gasteiger partial charge in [-0.1, -0.05) is 6.92 Å². The van der Waals surface area contributed by atoms with Crippen LogP contribution in [0.4, 0.5) is 0 Å². The van der Waals surface area contributed by atoms with Crippen molar-refractivity contribution in [2.75, 3.05) is 33.5 Å². The van der Waals surface area contributed by atoms with Gasteiger partial charge in [-0.2, -0.15) is 0 Å². The smallest absolute Gasteiger partial charge is 0.237 e. The summed E-state index contributed by atoms with van der Waals surface area (Å²) in [6, 6.07) is 0.106. The van der Waals surface area contributed by atoms with Crippen LogP contribution in [0.25, 0.3) is 0 Å². The lowest BCUT2D eigenvalue weighted by molar-refractivity contribution is -0.123. The van der Waals surface area contributed by atoms with E-state index in [1.165, 1.54) is 0 Å². The van der Waals surface area contributed by atoms with Crippen LogP contribution >= 0.6 is 0 Å². The number of rotatable bonds is 12. The number of ether oxygens (including phenoxy) is 2. The van der Waals surface area contributed by atoms with E-state index in [4.69, 9.17) is 9.47 Å². The Morgan fingerprint density at radius 2 is 1.89 bits per heavy atom. The molecule has 1 amide bonds. The van der Waals surface area contributed by atoms with E-state index >= 15 is 0 Å². The Balaban J connectivity index is 3.42. The first-order valence-electron chi connectivity index (χ1n) is 7.22. The molecular formula is C14H30N2O3. The largest absolute Gasteiger partial charge is 0.382 e.